The van der Waals surface area contributed by atoms with E-state index in [4.69, 9.17) is 9.47 Å². The Morgan fingerprint density at radius 2 is 1.85 bits per heavy atom. The van der Waals surface area contributed by atoms with Gasteiger partial charge in [-0.3, -0.25) is 9.36 Å². The highest BCUT2D eigenvalue weighted by atomic mass is 32.1. The number of methoxy groups -OCH3 is 1. The lowest BCUT2D eigenvalue weighted by molar-refractivity contribution is -0.139. The van der Waals surface area contributed by atoms with Gasteiger partial charge in [-0.1, -0.05) is 66.0 Å². The number of allylic oxidation sites excluding steroid dienone is 2. The van der Waals surface area contributed by atoms with Crippen molar-refractivity contribution >= 4 is 29.5 Å². The van der Waals surface area contributed by atoms with Crippen LogP contribution in [0.4, 0.5) is 0 Å². The number of esters is 1. The van der Waals surface area contributed by atoms with Crippen LogP contribution < -0.4 is 19.6 Å². The summed E-state index contributed by atoms with van der Waals surface area (Å²) in [6.45, 7) is 3.77. The molecule has 1 unspecified atom stereocenters. The summed E-state index contributed by atoms with van der Waals surface area (Å²) in [6, 6.07) is 16.6. The summed E-state index contributed by atoms with van der Waals surface area (Å²) in [4.78, 5) is 31.4. The number of rotatable bonds is 6. The lowest BCUT2D eigenvalue weighted by Gasteiger charge is -2.21. The van der Waals surface area contributed by atoms with Crippen molar-refractivity contribution in [2.45, 2.75) is 19.9 Å². The number of fused-ring (bicyclic) bond motifs is 1. The predicted octanol–water partition coefficient (Wildman–Crippen LogP) is 3.47. The molecular weight excluding hydrogens is 436 g/mol. The molecule has 33 heavy (non-hydrogen) atoms. The molecule has 1 aliphatic heterocycles. The summed E-state index contributed by atoms with van der Waals surface area (Å²) in [5.74, 6) is 0.278. The van der Waals surface area contributed by atoms with Crippen LogP contribution in [-0.4, -0.2) is 24.3 Å². The molecule has 0 radical (unpaired) electrons. The molecule has 0 bridgehead atoms. The van der Waals surface area contributed by atoms with Crippen LogP contribution in [0.25, 0.3) is 12.2 Å². The first-order valence-corrected chi connectivity index (χ1v) is 11.4. The van der Waals surface area contributed by atoms with Gasteiger partial charge in [0.2, 0.25) is 0 Å². The standard InChI is InChI=1S/C26H24N2O4S/c1-4-32-25(30)23-17(2)27-26-28(21(23)15-12-18-8-6-5-7-9-18)24(29)22(33-26)16-19-10-13-20(31-3)14-11-19/h5-16,21H,4H2,1-3H3/b15-12+,22-16-. The second-order valence-corrected chi connectivity index (χ2v) is 8.40. The molecular formula is C26H24N2O4S. The normalized spacial score (nSPS) is 16.0. The number of carbonyl (C=O) groups excluding carboxylic acids is 1. The van der Waals surface area contributed by atoms with Gasteiger partial charge in [-0.05, 0) is 43.2 Å². The van der Waals surface area contributed by atoms with Gasteiger partial charge in [0.1, 0.15) is 5.75 Å². The molecule has 168 valence electrons. The number of hydrogen-bond donors (Lipinski definition) is 0. The van der Waals surface area contributed by atoms with E-state index < -0.39 is 12.0 Å². The number of thiazole rings is 1. The first-order valence-electron chi connectivity index (χ1n) is 10.6. The van der Waals surface area contributed by atoms with Crippen molar-refractivity contribution in [1.82, 2.24) is 4.57 Å². The van der Waals surface area contributed by atoms with E-state index in [0.29, 0.717) is 20.6 Å². The summed E-state index contributed by atoms with van der Waals surface area (Å²) in [5.41, 5.74) is 2.56. The average Bonchev–Trinajstić information content (AvgIpc) is 3.13. The van der Waals surface area contributed by atoms with Crippen LogP contribution in [0.5, 0.6) is 5.75 Å². The maximum atomic E-state index is 13.4. The van der Waals surface area contributed by atoms with Crippen LogP contribution >= 0.6 is 11.3 Å². The molecule has 1 aliphatic rings. The summed E-state index contributed by atoms with van der Waals surface area (Å²) < 4.78 is 12.6. The molecule has 0 N–H and O–H groups in total. The van der Waals surface area contributed by atoms with Crippen molar-refractivity contribution < 1.29 is 14.3 Å². The zero-order valence-electron chi connectivity index (χ0n) is 18.6. The minimum Gasteiger partial charge on any atom is -0.497 e. The van der Waals surface area contributed by atoms with Crippen molar-refractivity contribution in [1.29, 1.82) is 0 Å². The molecule has 0 spiro atoms. The van der Waals surface area contributed by atoms with Gasteiger partial charge in [0, 0.05) is 0 Å². The Bertz CT molecular complexity index is 1400. The van der Waals surface area contributed by atoms with Crippen LogP contribution in [0, 0.1) is 0 Å². The average molecular weight is 461 g/mol. The summed E-state index contributed by atoms with van der Waals surface area (Å²) in [6.07, 6.45) is 5.59. The van der Waals surface area contributed by atoms with E-state index in [1.807, 2.05) is 72.8 Å². The Labute approximate surface area is 195 Å². The van der Waals surface area contributed by atoms with E-state index >= 15 is 0 Å². The quantitative estimate of drug-likeness (QED) is 0.528. The number of hydrogen-bond acceptors (Lipinski definition) is 6. The number of carbonyl (C=O) groups is 1. The summed E-state index contributed by atoms with van der Waals surface area (Å²) in [5, 5.41) is 0. The van der Waals surface area contributed by atoms with Crippen LogP contribution in [-0.2, 0) is 9.53 Å². The second kappa shape index (κ2) is 9.83. The van der Waals surface area contributed by atoms with E-state index in [1.165, 1.54) is 11.3 Å². The molecule has 4 rings (SSSR count). The monoisotopic (exact) mass is 460 g/mol. The first kappa shape index (κ1) is 22.5. The number of ether oxygens (including phenoxy) is 2. The zero-order chi connectivity index (χ0) is 23.4. The molecule has 0 aliphatic carbocycles. The molecule has 3 aromatic rings. The Balaban J connectivity index is 1.84. The third kappa shape index (κ3) is 4.73. The Morgan fingerprint density at radius 1 is 1.12 bits per heavy atom. The minimum atomic E-state index is -0.612. The second-order valence-electron chi connectivity index (χ2n) is 7.39. The van der Waals surface area contributed by atoms with Crippen molar-refractivity contribution in [3.63, 3.8) is 0 Å². The third-order valence-electron chi connectivity index (χ3n) is 5.24. The topological polar surface area (TPSA) is 69.9 Å². The lowest BCUT2D eigenvalue weighted by Crippen LogP contribution is -2.38. The van der Waals surface area contributed by atoms with Crippen LogP contribution in [0.2, 0.25) is 0 Å². The molecule has 0 saturated carbocycles. The zero-order valence-corrected chi connectivity index (χ0v) is 19.5. The number of benzene rings is 2. The van der Waals surface area contributed by atoms with Gasteiger partial charge in [0.15, 0.2) is 4.80 Å². The van der Waals surface area contributed by atoms with E-state index in [-0.39, 0.29) is 12.2 Å². The molecule has 2 aromatic carbocycles. The molecule has 2 heterocycles. The summed E-state index contributed by atoms with van der Waals surface area (Å²) >= 11 is 1.30. The van der Waals surface area contributed by atoms with E-state index in [2.05, 4.69) is 4.99 Å². The molecule has 1 atom stereocenters. The largest absolute Gasteiger partial charge is 0.497 e. The maximum Gasteiger partial charge on any atom is 0.338 e. The van der Waals surface area contributed by atoms with Gasteiger partial charge in [-0.15, -0.1) is 0 Å². The van der Waals surface area contributed by atoms with Crippen molar-refractivity contribution in [3.05, 3.63) is 103 Å². The fraction of sp³-hybridized carbons (Fsp3) is 0.192. The van der Waals surface area contributed by atoms with Gasteiger partial charge < -0.3 is 9.47 Å². The van der Waals surface area contributed by atoms with Gasteiger partial charge in [-0.25, -0.2) is 9.79 Å². The van der Waals surface area contributed by atoms with E-state index in [0.717, 1.165) is 16.9 Å². The third-order valence-corrected chi connectivity index (χ3v) is 6.23. The van der Waals surface area contributed by atoms with Gasteiger partial charge in [0.25, 0.3) is 5.56 Å². The van der Waals surface area contributed by atoms with Gasteiger partial charge in [-0.2, -0.15) is 0 Å². The van der Waals surface area contributed by atoms with Crippen molar-refractivity contribution in [3.8, 4) is 5.75 Å². The number of nitrogens with zero attached hydrogens (tertiary/aromatic N) is 2. The van der Waals surface area contributed by atoms with Crippen LogP contribution in [0.3, 0.4) is 0 Å². The minimum absolute atomic E-state index is 0.202. The Kier molecular flexibility index (Phi) is 6.70. The smallest absolute Gasteiger partial charge is 0.338 e. The highest BCUT2D eigenvalue weighted by Crippen LogP contribution is 2.26. The Hall–Kier alpha value is -3.71. The van der Waals surface area contributed by atoms with Gasteiger partial charge >= 0.3 is 5.97 Å². The molecule has 6 nitrogen and oxygen atoms in total. The van der Waals surface area contributed by atoms with E-state index in [9.17, 15) is 9.59 Å². The Morgan fingerprint density at radius 3 is 2.52 bits per heavy atom. The number of aromatic nitrogens is 1. The van der Waals surface area contributed by atoms with E-state index in [1.54, 1.807) is 25.5 Å². The SMILES string of the molecule is CCOC(=O)C1=C(C)N=c2s/c(=C\c3ccc(OC)cc3)c(=O)n2C1/C=C/c1ccccc1. The van der Waals surface area contributed by atoms with Crippen molar-refractivity contribution in [2.24, 2.45) is 4.99 Å². The molecule has 0 fully saturated rings. The van der Waals surface area contributed by atoms with Crippen molar-refractivity contribution in [2.75, 3.05) is 13.7 Å². The highest BCUT2D eigenvalue weighted by Gasteiger charge is 2.30. The highest BCUT2D eigenvalue weighted by molar-refractivity contribution is 7.07. The lowest BCUT2D eigenvalue weighted by atomic mass is 10.0. The fourth-order valence-corrected chi connectivity index (χ4v) is 4.69. The molecule has 1 aromatic heterocycles. The summed E-state index contributed by atoms with van der Waals surface area (Å²) in [7, 11) is 1.61. The maximum absolute atomic E-state index is 13.4. The van der Waals surface area contributed by atoms with Gasteiger partial charge in [0.05, 0.1) is 35.6 Å². The predicted molar refractivity (Wildman–Crippen MR) is 130 cm³/mol. The molecule has 7 heteroatoms. The van der Waals surface area contributed by atoms with Crippen LogP contribution in [0.15, 0.2) is 81.7 Å². The first-order chi connectivity index (χ1) is 16.0. The molecule has 0 saturated heterocycles. The molecule has 0 amide bonds. The van der Waals surface area contributed by atoms with Crippen LogP contribution in [0.1, 0.15) is 31.0 Å². The fourth-order valence-electron chi connectivity index (χ4n) is 3.63.